The fourth-order valence-corrected chi connectivity index (χ4v) is 4.26. The number of rotatable bonds is 10. The highest BCUT2D eigenvalue weighted by Crippen LogP contribution is 2.36. The van der Waals surface area contributed by atoms with Crippen molar-refractivity contribution in [1.29, 1.82) is 0 Å². The lowest BCUT2D eigenvalue weighted by Gasteiger charge is -2.13. The van der Waals surface area contributed by atoms with E-state index < -0.39 is 32.7 Å². The predicted molar refractivity (Wildman–Crippen MR) is 134 cm³/mol. The smallest absolute Gasteiger partial charge is 0.417 e. The number of amides is 1. The van der Waals surface area contributed by atoms with Crippen LogP contribution in [0.2, 0.25) is 5.02 Å². The number of carbonyl (C=O) groups excluding carboxylic acids is 1. The molecule has 202 valence electrons. The van der Waals surface area contributed by atoms with Crippen molar-refractivity contribution in [1.82, 2.24) is 9.71 Å². The number of nitrogens with zero attached hydrogens (tertiary/aromatic N) is 1. The largest absolute Gasteiger partial charge is 0.491 e. The van der Waals surface area contributed by atoms with E-state index in [2.05, 4.69) is 4.98 Å². The van der Waals surface area contributed by atoms with Gasteiger partial charge in [-0.2, -0.15) is 13.2 Å². The molecule has 0 saturated carbocycles. The van der Waals surface area contributed by atoms with Crippen molar-refractivity contribution in [3.63, 3.8) is 0 Å². The number of hydrogen-bond donors (Lipinski definition) is 1. The number of pyridine rings is 1. The van der Waals surface area contributed by atoms with E-state index in [-0.39, 0.29) is 28.7 Å². The first-order chi connectivity index (χ1) is 17.9. The quantitative estimate of drug-likeness (QED) is 0.257. The molecule has 1 aromatic heterocycles. The number of benzene rings is 2. The van der Waals surface area contributed by atoms with Gasteiger partial charge in [0.2, 0.25) is 5.88 Å². The van der Waals surface area contributed by atoms with E-state index >= 15 is 0 Å². The van der Waals surface area contributed by atoms with Gasteiger partial charge in [-0.3, -0.25) is 4.79 Å². The normalized spacial score (nSPS) is 11.9. The van der Waals surface area contributed by atoms with Crippen LogP contribution in [-0.2, 0) is 25.7 Å². The third-order valence-electron chi connectivity index (χ3n) is 4.83. The summed E-state index contributed by atoms with van der Waals surface area (Å²) >= 11 is 5.97. The Balaban J connectivity index is 1.87. The number of methoxy groups -OCH3 is 1. The maximum Gasteiger partial charge on any atom is 0.417 e. The molecule has 0 aliphatic rings. The van der Waals surface area contributed by atoms with Crippen LogP contribution in [0.15, 0.2) is 65.7 Å². The van der Waals surface area contributed by atoms with Crippen molar-refractivity contribution >= 4 is 33.6 Å². The van der Waals surface area contributed by atoms with Gasteiger partial charge < -0.3 is 14.2 Å². The summed E-state index contributed by atoms with van der Waals surface area (Å²) in [6, 6.07) is 11.1. The zero-order valence-corrected chi connectivity index (χ0v) is 21.7. The van der Waals surface area contributed by atoms with E-state index in [9.17, 15) is 26.4 Å². The Kier molecular flexibility index (Phi) is 9.36. The van der Waals surface area contributed by atoms with Gasteiger partial charge in [0.25, 0.3) is 15.9 Å². The van der Waals surface area contributed by atoms with Crippen molar-refractivity contribution in [3.05, 3.63) is 82.5 Å². The number of carbonyl (C=O) groups is 1. The number of nitrogens with one attached hydrogen (secondary N) is 1. The molecule has 0 spiro atoms. The molecule has 13 heteroatoms. The van der Waals surface area contributed by atoms with Crippen molar-refractivity contribution in [2.24, 2.45) is 0 Å². The summed E-state index contributed by atoms with van der Waals surface area (Å²) in [6.07, 6.45) is -1.86. The van der Waals surface area contributed by atoms with Gasteiger partial charge >= 0.3 is 6.18 Å². The van der Waals surface area contributed by atoms with Gasteiger partial charge in [-0.25, -0.2) is 18.1 Å². The Bertz CT molecular complexity index is 1450. The molecule has 0 atom stereocenters. The van der Waals surface area contributed by atoms with Gasteiger partial charge in [0.15, 0.2) is 0 Å². The fourth-order valence-electron chi connectivity index (χ4n) is 3.01. The molecule has 2 aromatic carbocycles. The number of hydrogen-bond acceptors (Lipinski definition) is 7. The van der Waals surface area contributed by atoms with Gasteiger partial charge in [0, 0.05) is 31.0 Å². The molecule has 1 N–H and O–H groups in total. The first-order valence-corrected chi connectivity index (χ1v) is 12.7. The summed E-state index contributed by atoms with van der Waals surface area (Å²) in [7, 11) is -2.63. The molecule has 3 rings (SSSR count). The maximum absolute atomic E-state index is 13.0. The molecule has 0 saturated heterocycles. The molecule has 1 heterocycles. The molecule has 0 fully saturated rings. The summed E-state index contributed by atoms with van der Waals surface area (Å²) in [5.41, 5.74) is -0.107. The molecule has 0 aliphatic carbocycles. The zero-order valence-electron chi connectivity index (χ0n) is 20.1. The molecule has 38 heavy (non-hydrogen) atoms. The van der Waals surface area contributed by atoms with E-state index in [4.69, 9.17) is 25.8 Å². The van der Waals surface area contributed by atoms with Crippen LogP contribution in [0.1, 0.15) is 16.7 Å². The number of ether oxygens (including phenoxy) is 3. The average molecular weight is 571 g/mol. The summed E-state index contributed by atoms with van der Waals surface area (Å²) < 4.78 is 81.9. The summed E-state index contributed by atoms with van der Waals surface area (Å²) in [5.74, 6) is -0.915. The van der Waals surface area contributed by atoms with Crippen molar-refractivity contribution in [2.75, 3.05) is 20.3 Å². The second-order valence-corrected chi connectivity index (χ2v) is 9.86. The summed E-state index contributed by atoms with van der Waals surface area (Å²) in [4.78, 5) is 16.0. The summed E-state index contributed by atoms with van der Waals surface area (Å²) in [6.45, 7) is 2.20. The van der Waals surface area contributed by atoms with Crippen LogP contribution in [0.25, 0.3) is 6.08 Å². The molecule has 0 unspecified atom stereocenters. The number of sulfonamides is 1. The first kappa shape index (κ1) is 29.0. The Morgan fingerprint density at radius 3 is 2.55 bits per heavy atom. The van der Waals surface area contributed by atoms with E-state index in [0.29, 0.717) is 30.2 Å². The standard InChI is InChI=1S/C25H22ClF3N2O6S/c1-16-4-3-5-20(12-16)38(33,34)31-23(32)9-7-17-6-8-19(36-11-10-35-2)14-22(17)37-24-21(26)13-18(15-30-24)25(27,28)29/h3-9,12-15H,10-11H2,1-2H3,(H,31,32). The van der Waals surface area contributed by atoms with Crippen LogP contribution in [0, 0.1) is 6.92 Å². The number of aryl methyl sites for hydroxylation is 1. The lowest BCUT2D eigenvalue weighted by Crippen LogP contribution is -2.29. The van der Waals surface area contributed by atoms with Crippen LogP contribution in [-0.4, -0.2) is 39.6 Å². The molecule has 3 aromatic rings. The van der Waals surface area contributed by atoms with E-state index in [1.54, 1.807) is 25.1 Å². The Morgan fingerprint density at radius 1 is 1.13 bits per heavy atom. The zero-order chi connectivity index (χ0) is 27.9. The van der Waals surface area contributed by atoms with Crippen LogP contribution in [0.4, 0.5) is 13.2 Å². The molecular formula is C25H22ClF3N2O6S. The highest BCUT2D eigenvalue weighted by atomic mass is 35.5. The second kappa shape index (κ2) is 12.3. The van der Waals surface area contributed by atoms with Gasteiger partial charge in [0.05, 0.1) is 17.1 Å². The van der Waals surface area contributed by atoms with E-state index in [1.165, 1.54) is 37.5 Å². The van der Waals surface area contributed by atoms with Gasteiger partial charge in [0.1, 0.15) is 23.1 Å². The molecule has 0 radical (unpaired) electrons. The molecule has 1 amide bonds. The van der Waals surface area contributed by atoms with Crippen LogP contribution in [0.5, 0.6) is 17.4 Å². The van der Waals surface area contributed by atoms with E-state index in [0.717, 1.165) is 6.08 Å². The lowest BCUT2D eigenvalue weighted by atomic mass is 10.1. The Morgan fingerprint density at radius 2 is 1.89 bits per heavy atom. The lowest BCUT2D eigenvalue weighted by molar-refractivity contribution is -0.137. The Labute approximate surface area is 222 Å². The number of alkyl halides is 3. The number of aromatic nitrogens is 1. The Hall–Kier alpha value is -3.61. The third kappa shape index (κ3) is 7.94. The minimum Gasteiger partial charge on any atom is -0.491 e. The third-order valence-corrected chi connectivity index (χ3v) is 6.45. The van der Waals surface area contributed by atoms with Gasteiger partial charge in [-0.15, -0.1) is 0 Å². The van der Waals surface area contributed by atoms with Gasteiger partial charge in [-0.05, 0) is 48.9 Å². The highest BCUT2D eigenvalue weighted by molar-refractivity contribution is 7.90. The predicted octanol–water partition coefficient (Wildman–Crippen LogP) is 5.40. The minimum atomic E-state index is -4.65. The second-order valence-electron chi connectivity index (χ2n) is 7.77. The van der Waals surface area contributed by atoms with Crippen molar-refractivity contribution in [3.8, 4) is 17.4 Å². The van der Waals surface area contributed by atoms with E-state index in [1.807, 2.05) is 4.72 Å². The molecule has 0 bridgehead atoms. The van der Waals surface area contributed by atoms with Gasteiger partial charge in [-0.1, -0.05) is 23.7 Å². The molecule has 0 aliphatic heterocycles. The van der Waals surface area contributed by atoms with Crippen LogP contribution in [0.3, 0.4) is 0 Å². The first-order valence-electron chi connectivity index (χ1n) is 10.9. The monoisotopic (exact) mass is 570 g/mol. The highest BCUT2D eigenvalue weighted by Gasteiger charge is 2.32. The number of halogens is 4. The summed E-state index contributed by atoms with van der Waals surface area (Å²) in [5, 5.41) is -0.401. The van der Waals surface area contributed by atoms with Crippen molar-refractivity contribution < 1.29 is 40.6 Å². The maximum atomic E-state index is 13.0. The van der Waals surface area contributed by atoms with Crippen LogP contribution < -0.4 is 14.2 Å². The topological polar surface area (TPSA) is 104 Å². The van der Waals surface area contributed by atoms with Crippen molar-refractivity contribution in [2.45, 2.75) is 18.0 Å². The SMILES string of the molecule is COCCOc1ccc(C=CC(=O)NS(=O)(=O)c2cccc(C)c2)c(Oc2ncc(C(F)(F)F)cc2Cl)c1. The minimum absolute atomic E-state index is 0.0275. The van der Waals surface area contributed by atoms with Crippen LogP contribution >= 0.6 is 11.6 Å². The fraction of sp³-hybridized carbons (Fsp3) is 0.200. The molecule has 8 nitrogen and oxygen atoms in total. The molecular weight excluding hydrogens is 549 g/mol. The average Bonchev–Trinajstić information content (AvgIpc) is 2.84.